The highest BCUT2D eigenvalue weighted by Gasteiger charge is 2.49. The highest BCUT2D eigenvalue weighted by Crippen LogP contribution is 2.35. The van der Waals surface area contributed by atoms with Crippen LogP contribution in [0.3, 0.4) is 0 Å². The van der Waals surface area contributed by atoms with E-state index in [4.69, 9.17) is 4.84 Å². The zero-order valence-corrected chi connectivity index (χ0v) is 7.52. The number of piperidine rings is 1. The molecule has 0 bridgehead atoms. The van der Waals surface area contributed by atoms with Crippen LogP contribution < -0.4 is 5.32 Å². The summed E-state index contributed by atoms with van der Waals surface area (Å²) in [5.41, 5.74) is -1.52. The van der Waals surface area contributed by atoms with Crippen molar-refractivity contribution in [3.8, 4) is 0 Å². The van der Waals surface area contributed by atoms with Gasteiger partial charge in [0.1, 0.15) is 0 Å². The number of hydrogen-bond donors (Lipinski definition) is 1. The van der Waals surface area contributed by atoms with Crippen molar-refractivity contribution in [2.24, 2.45) is 5.16 Å². The summed E-state index contributed by atoms with van der Waals surface area (Å²) in [6, 6.07) is 0. The number of alkyl halides is 3. The van der Waals surface area contributed by atoms with E-state index in [1.54, 1.807) is 0 Å². The van der Waals surface area contributed by atoms with Crippen LogP contribution in [0.15, 0.2) is 5.16 Å². The van der Waals surface area contributed by atoms with Crippen molar-refractivity contribution in [2.45, 2.75) is 31.0 Å². The van der Waals surface area contributed by atoms with Gasteiger partial charge in [0, 0.05) is 13.0 Å². The molecule has 2 rings (SSSR count). The van der Waals surface area contributed by atoms with Crippen molar-refractivity contribution in [2.75, 3.05) is 13.1 Å². The van der Waals surface area contributed by atoms with Crippen LogP contribution in [-0.2, 0) is 4.84 Å². The summed E-state index contributed by atoms with van der Waals surface area (Å²) in [7, 11) is 0. The van der Waals surface area contributed by atoms with Gasteiger partial charge in [-0.15, -0.1) is 0 Å². The number of nitrogens with one attached hydrogen (secondary N) is 1. The van der Waals surface area contributed by atoms with Gasteiger partial charge in [-0.25, -0.2) is 0 Å². The lowest BCUT2D eigenvalue weighted by molar-refractivity contribution is -0.0604. The van der Waals surface area contributed by atoms with Gasteiger partial charge in [0.05, 0.1) is 0 Å². The number of rotatable bonds is 0. The van der Waals surface area contributed by atoms with E-state index in [1.165, 1.54) is 0 Å². The quantitative estimate of drug-likeness (QED) is 0.653. The average Bonchev–Trinajstić information content (AvgIpc) is 2.50. The third-order valence-electron chi connectivity index (χ3n) is 2.60. The number of hydrogen-bond acceptors (Lipinski definition) is 3. The summed E-state index contributed by atoms with van der Waals surface area (Å²) in [4.78, 5) is 4.93. The van der Waals surface area contributed by atoms with Crippen LogP contribution in [0.1, 0.15) is 19.3 Å². The monoisotopic (exact) mass is 208 g/mol. The number of halogens is 3. The Morgan fingerprint density at radius 3 is 2.71 bits per heavy atom. The van der Waals surface area contributed by atoms with Gasteiger partial charge in [-0.2, -0.15) is 13.2 Å². The Balaban J connectivity index is 2.03. The fourth-order valence-electron chi connectivity index (χ4n) is 1.84. The Labute approximate surface area is 79.3 Å². The van der Waals surface area contributed by atoms with E-state index in [9.17, 15) is 13.2 Å². The smallest absolute Gasteiger partial charge is 0.387 e. The number of nitrogens with zero attached hydrogens (tertiary/aromatic N) is 1. The normalized spacial score (nSPS) is 32.9. The first-order valence-electron chi connectivity index (χ1n) is 4.55. The second-order valence-corrected chi connectivity index (χ2v) is 3.77. The SMILES string of the molecule is FC(F)(F)C1=NOC2(CCCNC2)C1. The molecule has 0 aromatic carbocycles. The summed E-state index contributed by atoms with van der Waals surface area (Å²) >= 11 is 0. The molecule has 80 valence electrons. The predicted octanol–water partition coefficient (Wildman–Crippen LogP) is 1.45. The van der Waals surface area contributed by atoms with Crippen molar-refractivity contribution in [3.05, 3.63) is 0 Å². The van der Waals surface area contributed by atoms with E-state index in [0.29, 0.717) is 13.0 Å². The molecule has 3 nitrogen and oxygen atoms in total. The predicted molar refractivity (Wildman–Crippen MR) is 44.0 cm³/mol. The Bertz CT molecular complexity index is 256. The Morgan fingerprint density at radius 1 is 1.43 bits per heavy atom. The van der Waals surface area contributed by atoms with E-state index in [1.807, 2.05) is 0 Å². The minimum Gasteiger partial charge on any atom is -0.387 e. The second kappa shape index (κ2) is 3.12. The zero-order chi connectivity index (χ0) is 10.2. The summed E-state index contributed by atoms with van der Waals surface area (Å²) < 4.78 is 36.8. The summed E-state index contributed by atoms with van der Waals surface area (Å²) in [6.07, 6.45) is -2.99. The van der Waals surface area contributed by atoms with E-state index in [2.05, 4.69) is 10.5 Å². The molecule has 1 spiro atoms. The zero-order valence-electron chi connectivity index (χ0n) is 7.52. The maximum Gasteiger partial charge on any atom is 0.432 e. The topological polar surface area (TPSA) is 33.6 Å². The van der Waals surface area contributed by atoms with Crippen molar-refractivity contribution < 1.29 is 18.0 Å². The average molecular weight is 208 g/mol. The maximum absolute atomic E-state index is 12.3. The van der Waals surface area contributed by atoms with Crippen LogP contribution in [-0.4, -0.2) is 30.6 Å². The van der Waals surface area contributed by atoms with Gasteiger partial charge in [0.25, 0.3) is 0 Å². The van der Waals surface area contributed by atoms with E-state index in [-0.39, 0.29) is 6.42 Å². The molecule has 1 fully saturated rings. The molecule has 2 aliphatic heterocycles. The second-order valence-electron chi connectivity index (χ2n) is 3.77. The van der Waals surface area contributed by atoms with Crippen molar-refractivity contribution in [3.63, 3.8) is 0 Å². The van der Waals surface area contributed by atoms with Crippen molar-refractivity contribution in [1.29, 1.82) is 0 Å². The van der Waals surface area contributed by atoms with E-state index in [0.717, 1.165) is 13.0 Å². The fourth-order valence-corrected chi connectivity index (χ4v) is 1.84. The Hall–Kier alpha value is -0.780. The third-order valence-corrected chi connectivity index (χ3v) is 2.60. The van der Waals surface area contributed by atoms with Crippen molar-refractivity contribution >= 4 is 5.71 Å². The Kier molecular flexibility index (Phi) is 2.17. The molecule has 0 saturated carbocycles. The lowest BCUT2D eigenvalue weighted by Crippen LogP contribution is -2.46. The minimum absolute atomic E-state index is 0.122. The molecule has 1 N–H and O–H groups in total. The molecule has 0 aliphatic carbocycles. The van der Waals surface area contributed by atoms with Gasteiger partial charge in [-0.1, -0.05) is 5.16 Å². The molecular weight excluding hydrogens is 197 g/mol. The molecule has 1 atom stereocenters. The molecule has 0 radical (unpaired) electrons. The summed E-state index contributed by atoms with van der Waals surface area (Å²) in [6.45, 7) is 1.29. The van der Waals surface area contributed by atoms with Gasteiger partial charge in [0.15, 0.2) is 11.3 Å². The summed E-state index contributed by atoms with van der Waals surface area (Å²) in [5, 5.41) is 6.16. The molecule has 0 amide bonds. The van der Waals surface area contributed by atoms with Crippen LogP contribution in [0.2, 0.25) is 0 Å². The molecular formula is C8H11F3N2O. The lowest BCUT2D eigenvalue weighted by atomic mass is 9.89. The largest absolute Gasteiger partial charge is 0.432 e. The van der Waals surface area contributed by atoms with Crippen LogP contribution in [0.4, 0.5) is 13.2 Å². The van der Waals surface area contributed by atoms with Crippen molar-refractivity contribution in [1.82, 2.24) is 5.32 Å². The molecule has 1 saturated heterocycles. The van der Waals surface area contributed by atoms with E-state index < -0.39 is 17.5 Å². The molecule has 2 heterocycles. The lowest BCUT2D eigenvalue weighted by Gasteiger charge is -2.31. The van der Waals surface area contributed by atoms with Gasteiger partial charge in [-0.3, -0.25) is 0 Å². The molecule has 1 unspecified atom stereocenters. The van der Waals surface area contributed by atoms with Gasteiger partial charge < -0.3 is 10.2 Å². The maximum atomic E-state index is 12.3. The first-order valence-corrected chi connectivity index (χ1v) is 4.55. The Morgan fingerprint density at radius 2 is 2.21 bits per heavy atom. The standard InChI is InChI=1S/C8H11F3N2O/c9-8(10,11)6-4-7(14-13-6)2-1-3-12-5-7/h12H,1-5H2. The van der Waals surface area contributed by atoms with Crippen LogP contribution in [0.5, 0.6) is 0 Å². The van der Waals surface area contributed by atoms with Crippen LogP contribution >= 0.6 is 0 Å². The first kappa shape index (κ1) is 9.76. The highest BCUT2D eigenvalue weighted by molar-refractivity contribution is 5.91. The van der Waals surface area contributed by atoms with Gasteiger partial charge in [-0.05, 0) is 19.4 Å². The first-order chi connectivity index (χ1) is 6.52. The molecule has 6 heteroatoms. The van der Waals surface area contributed by atoms with Crippen LogP contribution in [0, 0.1) is 0 Å². The molecule has 2 aliphatic rings. The van der Waals surface area contributed by atoms with E-state index >= 15 is 0 Å². The molecule has 14 heavy (non-hydrogen) atoms. The minimum atomic E-state index is -4.35. The molecule has 0 aromatic rings. The number of oxime groups is 1. The fraction of sp³-hybridized carbons (Fsp3) is 0.875. The van der Waals surface area contributed by atoms with Gasteiger partial charge >= 0.3 is 6.18 Å². The summed E-state index contributed by atoms with van der Waals surface area (Å²) in [5.74, 6) is 0. The third kappa shape index (κ3) is 1.70. The molecule has 0 aromatic heterocycles. The highest BCUT2D eigenvalue weighted by atomic mass is 19.4. The van der Waals surface area contributed by atoms with Crippen LogP contribution in [0.25, 0.3) is 0 Å². The van der Waals surface area contributed by atoms with Gasteiger partial charge in [0.2, 0.25) is 0 Å².